The Morgan fingerprint density at radius 3 is 2.00 bits per heavy atom. The molecule has 0 N–H and O–H groups in total. The zero-order valence-electron chi connectivity index (χ0n) is 21.4. The maximum absolute atomic E-state index is 6.37. The average Bonchev–Trinajstić information content (AvgIpc) is 3.38. The summed E-state index contributed by atoms with van der Waals surface area (Å²) in [5.74, 6) is 1.02. The molecule has 0 amide bonds. The summed E-state index contributed by atoms with van der Waals surface area (Å²) in [7, 11) is 0. The zero-order chi connectivity index (χ0) is 25.5. The predicted molar refractivity (Wildman–Crippen MR) is 166 cm³/mol. The Labute approximate surface area is 225 Å². The Kier molecular flexibility index (Phi) is 4.23. The highest BCUT2D eigenvalue weighted by atomic mass is 16.3. The second-order valence-electron chi connectivity index (χ2n) is 10.8. The Balaban J connectivity index is 1.19. The Morgan fingerprint density at radius 2 is 1.18 bits per heavy atom. The van der Waals surface area contributed by atoms with E-state index in [1.807, 2.05) is 0 Å². The Morgan fingerprint density at radius 1 is 0.513 bits per heavy atom. The Bertz CT molecular complexity index is 2260. The molecule has 0 aliphatic heterocycles. The van der Waals surface area contributed by atoms with Crippen LogP contribution >= 0.6 is 0 Å². The van der Waals surface area contributed by atoms with Gasteiger partial charge < -0.3 is 4.42 Å². The molecule has 182 valence electrons. The third-order valence-corrected chi connectivity index (χ3v) is 8.67. The largest absolute Gasteiger partial charge is 0.456 e. The van der Waals surface area contributed by atoms with Crippen molar-refractivity contribution in [1.29, 1.82) is 0 Å². The number of hydrogen-bond donors (Lipinski definition) is 0. The van der Waals surface area contributed by atoms with Crippen molar-refractivity contribution in [3.05, 3.63) is 127 Å². The van der Waals surface area contributed by atoms with Crippen LogP contribution in [0.15, 0.2) is 120 Å². The maximum atomic E-state index is 6.37. The highest BCUT2D eigenvalue weighted by Crippen LogP contribution is 2.41. The minimum absolute atomic E-state index is 0.999. The molecule has 9 rings (SSSR count). The lowest BCUT2D eigenvalue weighted by molar-refractivity contribution is 0.596. The summed E-state index contributed by atoms with van der Waals surface area (Å²) >= 11 is 0. The number of benzene rings is 7. The van der Waals surface area contributed by atoms with Crippen molar-refractivity contribution in [2.45, 2.75) is 12.8 Å². The van der Waals surface area contributed by atoms with E-state index in [1.54, 1.807) is 0 Å². The number of rotatable bonds is 2. The first-order valence-electron chi connectivity index (χ1n) is 13.7. The van der Waals surface area contributed by atoms with E-state index in [0.717, 1.165) is 29.7 Å². The first-order chi connectivity index (χ1) is 19.3. The van der Waals surface area contributed by atoms with Crippen molar-refractivity contribution in [2.24, 2.45) is 0 Å². The van der Waals surface area contributed by atoms with Gasteiger partial charge in [0.1, 0.15) is 11.3 Å². The van der Waals surface area contributed by atoms with Crippen molar-refractivity contribution in [2.75, 3.05) is 0 Å². The van der Waals surface area contributed by atoms with E-state index in [0.29, 0.717) is 0 Å². The molecule has 1 aromatic heterocycles. The SMILES string of the molecule is C1=Cc2oc3c(-c4ccc5cc(-c6ccc7ccc8cccc9ccc6c7c89)ccc5c4)cccc3c2CC1. The van der Waals surface area contributed by atoms with Gasteiger partial charge in [-0.1, -0.05) is 103 Å². The van der Waals surface area contributed by atoms with Crippen LogP contribution in [-0.2, 0) is 6.42 Å². The molecular weight excluding hydrogens is 472 g/mol. The van der Waals surface area contributed by atoms with Crippen LogP contribution in [0.1, 0.15) is 17.7 Å². The molecule has 0 saturated heterocycles. The standard InChI is InChI=1S/C38H24O/c1-2-10-35-32(7-1)34-9-4-8-31(38(34)39-35)29-16-14-26-21-28(15-13-27(26)22-29)30-19-17-25-12-11-23-5-3-6-24-18-20-33(30)37(25)36(23)24/h2-6,8-22H,1,7H2. The van der Waals surface area contributed by atoms with Crippen LogP contribution in [0.4, 0.5) is 0 Å². The number of para-hydroxylation sites is 1. The molecule has 1 aliphatic carbocycles. The summed E-state index contributed by atoms with van der Waals surface area (Å²) in [6.07, 6.45) is 6.46. The normalized spacial score (nSPS) is 13.3. The van der Waals surface area contributed by atoms with Crippen molar-refractivity contribution < 1.29 is 4.42 Å². The van der Waals surface area contributed by atoms with Gasteiger partial charge in [0, 0.05) is 16.5 Å². The van der Waals surface area contributed by atoms with Crippen LogP contribution in [0.2, 0.25) is 0 Å². The molecule has 0 radical (unpaired) electrons. The van der Waals surface area contributed by atoms with Crippen LogP contribution in [0.5, 0.6) is 0 Å². The van der Waals surface area contributed by atoms with Gasteiger partial charge in [0.15, 0.2) is 0 Å². The van der Waals surface area contributed by atoms with E-state index >= 15 is 0 Å². The van der Waals surface area contributed by atoms with Gasteiger partial charge in [0.05, 0.1) is 0 Å². The molecule has 1 nitrogen and oxygen atoms in total. The molecule has 1 heteroatoms. The third-order valence-electron chi connectivity index (χ3n) is 8.67. The summed E-state index contributed by atoms with van der Waals surface area (Å²) in [4.78, 5) is 0. The van der Waals surface area contributed by atoms with Crippen LogP contribution in [-0.4, -0.2) is 0 Å². The molecule has 39 heavy (non-hydrogen) atoms. The van der Waals surface area contributed by atoms with E-state index in [1.165, 1.54) is 70.7 Å². The fourth-order valence-electron chi connectivity index (χ4n) is 6.79. The van der Waals surface area contributed by atoms with Crippen LogP contribution in [0, 0.1) is 0 Å². The number of allylic oxidation sites excluding steroid dienone is 1. The third kappa shape index (κ3) is 3.02. The van der Waals surface area contributed by atoms with Crippen molar-refractivity contribution in [3.8, 4) is 22.3 Å². The molecule has 0 fully saturated rings. The van der Waals surface area contributed by atoms with Crippen LogP contribution in [0.25, 0.3) is 82.4 Å². The van der Waals surface area contributed by atoms with Gasteiger partial charge in [0.25, 0.3) is 0 Å². The molecule has 0 atom stereocenters. The fraction of sp³-hybridized carbons (Fsp3) is 0.0526. The molecule has 7 aromatic carbocycles. The number of furan rings is 1. The minimum atomic E-state index is 0.999. The van der Waals surface area contributed by atoms with Crippen molar-refractivity contribution >= 4 is 60.1 Å². The topological polar surface area (TPSA) is 13.1 Å². The monoisotopic (exact) mass is 496 g/mol. The van der Waals surface area contributed by atoms with E-state index in [9.17, 15) is 0 Å². The second kappa shape index (κ2) is 7.82. The quantitative estimate of drug-likeness (QED) is 0.217. The maximum Gasteiger partial charge on any atom is 0.142 e. The van der Waals surface area contributed by atoms with Gasteiger partial charge in [0.2, 0.25) is 0 Å². The number of fused-ring (bicyclic) bond motifs is 4. The van der Waals surface area contributed by atoms with Gasteiger partial charge in [-0.25, -0.2) is 0 Å². The van der Waals surface area contributed by atoms with Crippen LogP contribution < -0.4 is 0 Å². The molecular formula is C38H24O. The van der Waals surface area contributed by atoms with Gasteiger partial charge in [-0.2, -0.15) is 0 Å². The van der Waals surface area contributed by atoms with Gasteiger partial charge in [-0.3, -0.25) is 0 Å². The van der Waals surface area contributed by atoms with E-state index in [-0.39, 0.29) is 0 Å². The Hall–Kier alpha value is -4.88. The minimum Gasteiger partial charge on any atom is -0.456 e. The van der Waals surface area contributed by atoms with E-state index in [2.05, 4.69) is 121 Å². The molecule has 0 unspecified atom stereocenters. The highest BCUT2D eigenvalue weighted by molar-refractivity contribution is 6.25. The summed E-state index contributed by atoms with van der Waals surface area (Å²) in [5, 5.41) is 11.7. The van der Waals surface area contributed by atoms with Gasteiger partial charge >= 0.3 is 0 Å². The summed E-state index contributed by atoms with van der Waals surface area (Å²) in [6.45, 7) is 0. The molecule has 1 aliphatic rings. The first-order valence-corrected chi connectivity index (χ1v) is 13.7. The fourth-order valence-corrected chi connectivity index (χ4v) is 6.79. The van der Waals surface area contributed by atoms with Crippen molar-refractivity contribution in [3.63, 3.8) is 0 Å². The van der Waals surface area contributed by atoms with Gasteiger partial charge in [-0.05, 0) is 90.8 Å². The lowest BCUT2D eigenvalue weighted by Crippen LogP contribution is -1.89. The molecule has 8 aromatic rings. The average molecular weight is 497 g/mol. The summed E-state index contributed by atoms with van der Waals surface area (Å²) in [6, 6.07) is 40.4. The van der Waals surface area contributed by atoms with E-state index < -0.39 is 0 Å². The van der Waals surface area contributed by atoms with E-state index in [4.69, 9.17) is 4.42 Å². The molecule has 0 bridgehead atoms. The summed E-state index contributed by atoms with van der Waals surface area (Å²) in [5.41, 5.74) is 7.23. The number of aryl methyl sites for hydroxylation is 1. The van der Waals surface area contributed by atoms with Gasteiger partial charge in [-0.15, -0.1) is 0 Å². The highest BCUT2D eigenvalue weighted by Gasteiger charge is 2.18. The molecule has 1 heterocycles. The van der Waals surface area contributed by atoms with Crippen molar-refractivity contribution in [1.82, 2.24) is 0 Å². The second-order valence-corrected chi connectivity index (χ2v) is 10.8. The lowest BCUT2D eigenvalue weighted by Gasteiger charge is -2.14. The number of hydrogen-bond acceptors (Lipinski definition) is 1. The smallest absolute Gasteiger partial charge is 0.142 e. The zero-order valence-corrected chi connectivity index (χ0v) is 21.4. The first kappa shape index (κ1) is 21.1. The molecule has 0 spiro atoms. The lowest BCUT2D eigenvalue weighted by atomic mass is 9.89. The predicted octanol–water partition coefficient (Wildman–Crippen LogP) is 10.8. The molecule has 0 saturated carbocycles. The summed E-state index contributed by atoms with van der Waals surface area (Å²) < 4.78 is 6.37. The van der Waals surface area contributed by atoms with Crippen LogP contribution in [0.3, 0.4) is 0 Å².